The first-order chi connectivity index (χ1) is 8.72. The van der Waals surface area contributed by atoms with Crippen molar-refractivity contribution >= 4 is 17.7 Å². The molecule has 4 heteroatoms. The van der Waals surface area contributed by atoms with Crippen molar-refractivity contribution in [2.24, 2.45) is 0 Å². The summed E-state index contributed by atoms with van der Waals surface area (Å²) in [6.45, 7) is 0. The first-order valence-corrected chi connectivity index (χ1v) is 7.19. The van der Waals surface area contributed by atoms with Gasteiger partial charge in [-0.1, -0.05) is 12.8 Å². The molecule has 1 rings (SSSR count). The average molecular weight is 268 g/mol. The third-order valence-electron chi connectivity index (χ3n) is 2.61. The Bertz CT molecular complexity index is 349. The lowest BCUT2D eigenvalue weighted by molar-refractivity contribution is -0.137. The number of carbonyl (C=O) groups is 1. The van der Waals surface area contributed by atoms with E-state index in [1.807, 2.05) is 23.9 Å². The molecule has 0 saturated carbocycles. The predicted octanol–water partition coefficient (Wildman–Crippen LogP) is 3.82. The van der Waals surface area contributed by atoms with Crippen molar-refractivity contribution in [1.82, 2.24) is 0 Å². The van der Waals surface area contributed by atoms with E-state index in [4.69, 9.17) is 9.84 Å². The van der Waals surface area contributed by atoms with E-state index in [1.54, 1.807) is 7.11 Å². The van der Waals surface area contributed by atoms with Gasteiger partial charge in [0.1, 0.15) is 5.75 Å². The molecule has 0 aliphatic heterocycles. The molecule has 18 heavy (non-hydrogen) atoms. The molecule has 0 unspecified atom stereocenters. The average Bonchev–Trinajstić information content (AvgIpc) is 2.38. The van der Waals surface area contributed by atoms with E-state index in [9.17, 15) is 4.79 Å². The molecule has 0 aliphatic carbocycles. The number of carboxylic acids is 1. The Kier molecular flexibility index (Phi) is 7.34. The number of aliphatic carboxylic acids is 1. The Balaban J connectivity index is 2.05. The molecule has 100 valence electrons. The van der Waals surface area contributed by atoms with E-state index in [2.05, 4.69) is 12.1 Å². The van der Waals surface area contributed by atoms with Crippen LogP contribution in [0.2, 0.25) is 0 Å². The molecule has 0 radical (unpaired) electrons. The molecule has 0 heterocycles. The molecular formula is C14H20O3S. The standard InChI is InChI=1S/C14H20O3S/c1-17-12-7-9-13(10-8-12)18-11-5-3-2-4-6-14(15)16/h7-10H,2-6,11H2,1H3,(H,15,16). The fourth-order valence-corrected chi connectivity index (χ4v) is 2.51. The van der Waals surface area contributed by atoms with E-state index in [1.165, 1.54) is 4.90 Å². The minimum absolute atomic E-state index is 0.297. The summed E-state index contributed by atoms with van der Waals surface area (Å²) in [5.74, 6) is 1.27. The number of hydrogen-bond donors (Lipinski definition) is 1. The quantitative estimate of drug-likeness (QED) is 0.546. The Morgan fingerprint density at radius 2 is 1.83 bits per heavy atom. The van der Waals surface area contributed by atoms with Crippen LogP contribution in [0.15, 0.2) is 29.2 Å². The van der Waals surface area contributed by atoms with Crippen LogP contribution in [0.4, 0.5) is 0 Å². The van der Waals surface area contributed by atoms with Gasteiger partial charge in [0.25, 0.3) is 0 Å². The highest BCUT2D eigenvalue weighted by atomic mass is 32.2. The van der Waals surface area contributed by atoms with Gasteiger partial charge in [-0.25, -0.2) is 0 Å². The third kappa shape index (κ3) is 6.55. The van der Waals surface area contributed by atoms with Gasteiger partial charge in [0.05, 0.1) is 7.11 Å². The fourth-order valence-electron chi connectivity index (χ4n) is 1.59. The van der Waals surface area contributed by atoms with E-state index < -0.39 is 5.97 Å². The number of unbranched alkanes of at least 4 members (excludes halogenated alkanes) is 3. The fraction of sp³-hybridized carbons (Fsp3) is 0.500. The Hall–Kier alpha value is -1.16. The minimum Gasteiger partial charge on any atom is -0.497 e. The molecule has 0 spiro atoms. The number of benzene rings is 1. The Morgan fingerprint density at radius 3 is 2.44 bits per heavy atom. The van der Waals surface area contributed by atoms with Crippen LogP contribution in [0, 0.1) is 0 Å². The van der Waals surface area contributed by atoms with Gasteiger partial charge < -0.3 is 9.84 Å². The van der Waals surface area contributed by atoms with Crippen molar-refractivity contribution in [2.45, 2.75) is 37.0 Å². The summed E-state index contributed by atoms with van der Waals surface area (Å²) in [5.41, 5.74) is 0. The van der Waals surface area contributed by atoms with Crippen molar-refractivity contribution in [3.8, 4) is 5.75 Å². The maximum atomic E-state index is 10.3. The van der Waals surface area contributed by atoms with Crippen LogP contribution < -0.4 is 4.74 Å². The maximum Gasteiger partial charge on any atom is 0.303 e. The number of rotatable bonds is 9. The summed E-state index contributed by atoms with van der Waals surface area (Å²) in [5, 5.41) is 8.49. The number of hydrogen-bond acceptors (Lipinski definition) is 3. The second-order valence-electron chi connectivity index (χ2n) is 4.08. The van der Waals surface area contributed by atoms with Crippen molar-refractivity contribution in [1.29, 1.82) is 0 Å². The van der Waals surface area contributed by atoms with Crippen molar-refractivity contribution in [3.63, 3.8) is 0 Å². The summed E-state index contributed by atoms with van der Waals surface area (Å²) < 4.78 is 5.10. The highest BCUT2D eigenvalue weighted by molar-refractivity contribution is 7.99. The zero-order chi connectivity index (χ0) is 13.2. The summed E-state index contributed by atoms with van der Waals surface area (Å²) in [4.78, 5) is 11.6. The molecule has 0 aliphatic rings. The maximum absolute atomic E-state index is 10.3. The Labute approximate surface area is 113 Å². The van der Waals surface area contributed by atoms with E-state index >= 15 is 0 Å². The van der Waals surface area contributed by atoms with Gasteiger partial charge in [-0.3, -0.25) is 4.79 Å². The zero-order valence-electron chi connectivity index (χ0n) is 10.7. The summed E-state index contributed by atoms with van der Waals surface area (Å²) in [7, 11) is 1.67. The highest BCUT2D eigenvalue weighted by Crippen LogP contribution is 2.22. The lowest BCUT2D eigenvalue weighted by Crippen LogP contribution is -1.93. The van der Waals surface area contributed by atoms with Gasteiger partial charge in [-0.05, 0) is 42.9 Å². The van der Waals surface area contributed by atoms with Crippen LogP contribution in [0.25, 0.3) is 0 Å². The van der Waals surface area contributed by atoms with Crippen LogP contribution in [-0.2, 0) is 4.79 Å². The Morgan fingerprint density at radius 1 is 1.17 bits per heavy atom. The molecule has 1 aromatic carbocycles. The van der Waals surface area contributed by atoms with Gasteiger partial charge >= 0.3 is 5.97 Å². The molecule has 0 amide bonds. The predicted molar refractivity (Wildman–Crippen MR) is 74.4 cm³/mol. The van der Waals surface area contributed by atoms with E-state index in [-0.39, 0.29) is 0 Å². The minimum atomic E-state index is -0.692. The molecular weight excluding hydrogens is 248 g/mol. The summed E-state index contributed by atoms with van der Waals surface area (Å²) in [6.07, 6.45) is 4.34. The number of carboxylic acid groups (broad SMARTS) is 1. The topological polar surface area (TPSA) is 46.5 Å². The second-order valence-corrected chi connectivity index (χ2v) is 5.25. The normalized spacial score (nSPS) is 10.3. The van der Waals surface area contributed by atoms with Gasteiger partial charge in [0.2, 0.25) is 0 Å². The zero-order valence-corrected chi connectivity index (χ0v) is 11.5. The third-order valence-corrected chi connectivity index (χ3v) is 3.71. The van der Waals surface area contributed by atoms with Crippen LogP contribution in [0.1, 0.15) is 32.1 Å². The number of thioether (sulfide) groups is 1. The van der Waals surface area contributed by atoms with E-state index in [0.29, 0.717) is 6.42 Å². The first-order valence-electron chi connectivity index (χ1n) is 6.21. The van der Waals surface area contributed by atoms with Gasteiger partial charge in [-0.2, -0.15) is 0 Å². The summed E-state index contributed by atoms with van der Waals surface area (Å²) >= 11 is 1.83. The van der Waals surface area contributed by atoms with Crippen molar-refractivity contribution in [3.05, 3.63) is 24.3 Å². The molecule has 3 nitrogen and oxygen atoms in total. The smallest absolute Gasteiger partial charge is 0.303 e. The van der Waals surface area contributed by atoms with Crippen LogP contribution >= 0.6 is 11.8 Å². The molecule has 1 N–H and O–H groups in total. The van der Waals surface area contributed by atoms with Gasteiger partial charge in [0.15, 0.2) is 0 Å². The largest absolute Gasteiger partial charge is 0.497 e. The molecule has 1 aromatic rings. The van der Waals surface area contributed by atoms with E-state index in [0.717, 1.165) is 37.2 Å². The first kappa shape index (κ1) is 14.9. The highest BCUT2D eigenvalue weighted by Gasteiger charge is 1.98. The summed E-state index contributed by atoms with van der Waals surface area (Å²) in [6, 6.07) is 8.06. The van der Waals surface area contributed by atoms with Crippen LogP contribution in [0.5, 0.6) is 5.75 Å². The molecule has 0 fully saturated rings. The van der Waals surface area contributed by atoms with Crippen molar-refractivity contribution < 1.29 is 14.6 Å². The van der Waals surface area contributed by atoms with Crippen LogP contribution in [0.3, 0.4) is 0 Å². The number of ether oxygens (including phenoxy) is 1. The van der Waals surface area contributed by atoms with Crippen LogP contribution in [-0.4, -0.2) is 23.9 Å². The SMILES string of the molecule is COc1ccc(SCCCCCCC(=O)O)cc1. The van der Waals surface area contributed by atoms with Gasteiger partial charge in [0, 0.05) is 11.3 Å². The lowest BCUT2D eigenvalue weighted by atomic mass is 10.2. The number of methoxy groups -OCH3 is 1. The molecule has 0 bridgehead atoms. The molecule has 0 aromatic heterocycles. The van der Waals surface area contributed by atoms with Gasteiger partial charge in [-0.15, -0.1) is 11.8 Å². The molecule has 0 saturated heterocycles. The second kappa shape index (κ2) is 8.86. The lowest BCUT2D eigenvalue weighted by Gasteiger charge is -2.03. The monoisotopic (exact) mass is 268 g/mol. The van der Waals surface area contributed by atoms with Crippen molar-refractivity contribution in [2.75, 3.05) is 12.9 Å². The molecule has 0 atom stereocenters.